The minimum absolute atomic E-state index is 0.0767. The van der Waals surface area contributed by atoms with Gasteiger partial charge in [0.05, 0.1) is 35.5 Å². The molecule has 40 heavy (non-hydrogen) atoms. The molecule has 0 atom stereocenters. The molecule has 2 aliphatic rings. The maximum atomic E-state index is 13.3. The van der Waals surface area contributed by atoms with Crippen LogP contribution in [0.4, 0.5) is 0 Å². The van der Waals surface area contributed by atoms with Crippen LogP contribution in [0, 0.1) is 41.5 Å². The van der Waals surface area contributed by atoms with Crippen LogP contribution in [0.1, 0.15) is 88.2 Å². The Morgan fingerprint density at radius 1 is 0.600 bits per heavy atom. The molecule has 0 bridgehead atoms. The number of rotatable bonds is 9. The number of amides is 4. The molecule has 0 fully saturated rings. The van der Waals surface area contributed by atoms with Crippen molar-refractivity contribution < 1.29 is 37.1 Å². The van der Waals surface area contributed by atoms with Crippen LogP contribution in [0.3, 0.4) is 0 Å². The zero-order chi connectivity index (χ0) is 29.8. The van der Waals surface area contributed by atoms with E-state index in [2.05, 4.69) is 0 Å². The Balaban J connectivity index is 1.55. The van der Waals surface area contributed by atoms with Crippen molar-refractivity contribution in [3.63, 3.8) is 0 Å². The van der Waals surface area contributed by atoms with Gasteiger partial charge >= 0.3 is 0 Å². The van der Waals surface area contributed by atoms with E-state index in [9.17, 15) is 27.6 Å². The molecule has 2 aliphatic heterocycles. The Morgan fingerprint density at radius 2 is 1.00 bits per heavy atom. The maximum absolute atomic E-state index is 13.3. The minimum atomic E-state index is -3.63. The SMILES string of the molecule is CCS(=O)(=O)CN1C(=O)c2c(C)c(C)c(C)c(OCCCOc3c(C)c(C)c(C)c4c3C(=O)N(C)C4=O)c2C1=O. The van der Waals surface area contributed by atoms with Crippen LogP contribution in [0.15, 0.2) is 0 Å². The fourth-order valence-electron chi connectivity index (χ4n) is 5.16. The van der Waals surface area contributed by atoms with Gasteiger partial charge in [0, 0.05) is 19.2 Å². The molecule has 0 unspecified atom stereocenters. The van der Waals surface area contributed by atoms with Crippen molar-refractivity contribution in [2.75, 3.05) is 31.9 Å². The van der Waals surface area contributed by atoms with Gasteiger partial charge in [-0.25, -0.2) is 8.42 Å². The average Bonchev–Trinajstić information content (AvgIpc) is 3.28. The summed E-state index contributed by atoms with van der Waals surface area (Å²) in [5.41, 5.74) is 5.36. The van der Waals surface area contributed by atoms with Gasteiger partial charge in [-0.3, -0.25) is 29.0 Å². The molecule has 4 amide bonds. The lowest BCUT2D eigenvalue weighted by atomic mass is 9.93. The van der Waals surface area contributed by atoms with Crippen molar-refractivity contribution in [3.05, 3.63) is 55.6 Å². The van der Waals surface area contributed by atoms with Crippen LogP contribution in [0.2, 0.25) is 0 Å². The second kappa shape index (κ2) is 10.3. The van der Waals surface area contributed by atoms with Gasteiger partial charge in [0.2, 0.25) is 0 Å². The third-order valence-corrected chi connectivity index (χ3v) is 9.67. The molecular formula is C29H34N2O8S. The van der Waals surface area contributed by atoms with E-state index >= 15 is 0 Å². The molecule has 0 saturated carbocycles. The maximum Gasteiger partial charge on any atom is 0.266 e. The summed E-state index contributed by atoms with van der Waals surface area (Å²) >= 11 is 0. The number of carbonyl (C=O) groups excluding carboxylic acids is 4. The van der Waals surface area contributed by atoms with Gasteiger partial charge in [0.1, 0.15) is 17.4 Å². The molecule has 10 nitrogen and oxygen atoms in total. The largest absolute Gasteiger partial charge is 0.492 e. The summed E-state index contributed by atoms with van der Waals surface area (Å²) in [5.74, 6) is -2.35. The van der Waals surface area contributed by atoms with E-state index in [0.29, 0.717) is 28.9 Å². The number of sulfone groups is 1. The molecule has 0 saturated heterocycles. The number of carbonyl (C=O) groups is 4. The van der Waals surface area contributed by atoms with Gasteiger partial charge in [-0.15, -0.1) is 0 Å². The Hall–Kier alpha value is -3.73. The van der Waals surface area contributed by atoms with Gasteiger partial charge in [-0.1, -0.05) is 6.92 Å². The number of fused-ring (bicyclic) bond motifs is 2. The normalized spacial score (nSPS) is 14.8. The molecular weight excluding hydrogens is 536 g/mol. The molecule has 0 spiro atoms. The van der Waals surface area contributed by atoms with Crippen molar-refractivity contribution in [2.45, 2.75) is 54.9 Å². The van der Waals surface area contributed by atoms with E-state index < -0.39 is 33.4 Å². The summed E-state index contributed by atoms with van der Waals surface area (Å²) in [5, 5.41) is 0. The summed E-state index contributed by atoms with van der Waals surface area (Å²) in [4.78, 5) is 53.7. The fourth-order valence-corrected chi connectivity index (χ4v) is 5.97. The first-order valence-corrected chi connectivity index (χ1v) is 14.9. The van der Waals surface area contributed by atoms with Gasteiger partial charge in [-0.05, 0) is 74.9 Å². The number of hydrogen-bond acceptors (Lipinski definition) is 8. The first-order valence-electron chi connectivity index (χ1n) is 13.1. The van der Waals surface area contributed by atoms with Gasteiger partial charge in [0.15, 0.2) is 9.84 Å². The van der Waals surface area contributed by atoms with Gasteiger partial charge in [-0.2, -0.15) is 0 Å². The third kappa shape index (κ3) is 4.46. The second-order valence-corrected chi connectivity index (χ2v) is 12.7. The molecule has 2 aromatic carbocycles. The highest BCUT2D eigenvalue weighted by Gasteiger charge is 2.43. The minimum Gasteiger partial charge on any atom is -0.492 e. The van der Waals surface area contributed by atoms with E-state index in [0.717, 1.165) is 32.1 Å². The second-order valence-electron chi connectivity index (χ2n) is 10.3. The molecule has 0 N–H and O–H groups in total. The Kier molecular flexibility index (Phi) is 7.57. The lowest BCUT2D eigenvalue weighted by Crippen LogP contribution is -2.35. The number of nitrogens with zero attached hydrogens (tertiary/aromatic N) is 2. The van der Waals surface area contributed by atoms with Crippen LogP contribution in [-0.2, 0) is 9.84 Å². The van der Waals surface area contributed by atoms with Crippen molar-refractivity contribution in [1.29, 1.82) is 0 Å². The highest BCUT2D eigenvalue weighted by molar-refractivity contribution is 7.91. The lowest BCUT2D eigenvalue weighted by molar-refractivity contribution is 0.0669. The van der Waals surface area contributed by atoms with Crippen LogP contribution in [-0.4, -0.2) is 73.7 Å². The number of hydrogen-bond donors (Lipinski definition) is 0. The number of ether oxygens (including phenoxy) is 2. The van der Waals surface area contributed by atoms with E-state index in [4.69, 9.17) is 9.47 Å². The van der Waals surface area contributed by atoms with Crippen molar-refractivity contribution in [2.24, 2.45) is 0 Å². The van der Waals surface area contributed by atoms with Crippen molar-refractivity contribution >= 4 is 33.5 Å². The molecule has 2 heterocycles. The summed E-state index contributed by atoms with van der Waals surface area (Å²) in [6.07, 6.45) is 0.371. The molecule has 0 aromatic heterocycles. The summed E-state index contributed by atoms with van der Waals surface area (Å²) in [6.45, 7) is 12.6. The number of benzene rings is 2. The highest BCUT2D eigenvalue weighted by Crippen LogP contribution is 2.40. The molecule has 4 rings (SSSR count). The van der Waals surface area contributed by atoms with Crippen molar-refractivity contribution in [1.82, 2.24) is 9.80 Å². The van der Waals surface area contributed by atoms with Gasteiger partial charge < -0.3 is 9.47 Å². The smallest absolute Gasteiger partial charge is 0.266 e. The van der Waals surface area contributed by atoms with E-state index in [1.807, 2.05) is 27.7 Å². The Bertz CT molecular complexity index is 1610. The quantitative estimate of drug-likeness (QED) is 0.331. The van der Waals surface area contributed by atoms with Crippen molar-refractivity contribution in [3.8, 4) is 11.5 Å². The molecule has 0 radical (unpaired) electrons. The van der Waals surface area contributed by atoms with E-state index in [1.54, 1.807) is 13.8 Å². The summed E-state index contributed by atoms with van der Waals surface area (Å²) in [7, 11) is -2.18. The van der Waals surface area contributed by atoms with Crippen LogP contribution < -0.4 is 9.47 Å². The monoisotopic (exact) mass is 570 g/mol. The summed E-state index contributed by atoms with van der Waals surface area (Å²) < 4.78 is 36.5. The topological polar surface area (TPSA) is 127 Å². The number of imide groups is 2. The average molecular weight is 571 g/mol. The highest BCUT2D eigenvalue weighted by atomic mass is 32.2. The first kappa shape index (κ1) is 29.3. The fraction of sp³-hybridized carbons (Fsp3) is 0.448. The predicted octanol–water partition coefficient (Wildman–Crippen LogP) is 3.60. The summed E-state index contributed by atoms with van der Waals surface area (Å²) in [6, 6.07) is 0. The van der Waals surface area contributed by atoms with Crippen LogP contribution in [0.25, 0.3) is 0 Å². The molecule has 2 aromatic rings. The van der Waals surface area contributed by atoms with E-state index in [1.165, 1.54) is 14.0 Å². The standard InChI is InChI=1S/C29H34N2O8S/c1-9-40(36,37)13-31-28(34)21-17(5)15(3)19(7)25(23(21)29(31)35)39-12-10-11-38-24-18(6)14(2)16(4)20-22(24)27(33)30(8)26(20)32/h9-13H2,1-8H3. The van der Waals surface area contributed by atoms with Crippen LogP contribution >= 0.6 is 0 Å². The predicted molar refractivity (Wildman–Crippen MR) is 148 cm³/mol. The van der Waals surface area contributed by atoms with E-state index in [-0.39, 0.29) is 47.3 Å². The van der Waals surface area contributed by atoms with Gasteiger partial charge in [0.25, 0.3) is 23.6 Å². The first-order chi connectivity index (χ1) is 18.7. The molecule has 11 heteroatoms. The zero-order valence-electron chi connectivity index (χ0n) is 24.1. The lowest BCUT2D eigenvalue weighted by Gasteiger charge is -2.18. The van der Waals surface area contributed by atoms with Crippen LogP contribution in [0.5, 0.6) is 11.5 Å². The Morgan fingerprint density at radius 3 is 1.48 bits per heavy atom. The molecule has 214 valence electrons. The third-order valence-electron chi connectivity index (χ3n) is 8.14. The zero-order valence-corrected chi connectivity index (χ0v) is 24.9. The molecule has 0 aliphatic carbocycles. The Labute approximate surface area is 234 Å².